The van der Waals surface area contributed by atoms with Crippen LogP contribution in [0.5, 0.6) is 0 Å². The van der Waals surface area contributed by atoms with E-state index in [2.05, 4.69) is 66.9 Å². The zero-order valence-corrected chi connectivity index (χ0v) is 18.0. The standard InChI is InChI=1S/C14H34Ge2O/c1-11-15(9,12-2)17-16(10,13(3,4)5)14(6,7)8/h11-12H2,1-10H3. The monoisotopic (exact) mass is 366 g/mol. The van der Waals surface area contributed by atoms with Gasteiger partial charge in [0.05, 0.1) is 0 Å². The van der Waals surface area contributed by atoms with Crippen molar-refractivity contribution in [3.8, 4) is 0 Å². The molecule has 0 aliphatic heterocycles. The van der Waals surface area contributed by atoms with E-state index >= 15 is 0 Å². The van der Waals surface area contributed by atoms with Gasteiger partial charge in [-0.1, -0.05) is 0 Å². The first kappa shape index (κ1) is 18.0. The number of hydrogen-bond donors (Lipinski definition) is 0. The zero-order chi connectivity index (χ0) is 14.1. The molecule has 0 aromatic heterocycles. The molecule has 0 fully saturated rings. The van der Waals surface area contributed by atoms with Gasteiger partial charge in [0.25, 0.3) is 0 Å². The Labute approximate surface area is 115 Å². The van der Waals surface area contributed by atoms with Crippen LogP contribution in [0.25, 0.3) is 0 Å². The third-order valence-corrected chi connectivity index (χ3v) is 34.8. The quantitative estimate of drug-likeness (QED) is 0.574. The molecule has 0 aliphatic carbocycles. The summed E-state index contributed by atoms with van der Waals surface area (Å²) in [5.74, 6) is 4.98. The second kappa shape index (κ2) is 5.58. The minimum absolute atomic E-state index is 0.356. The Morgan fingerprint density at radius 2 is 1.06 bits per heavy atom. The Kier molecular flexibility index (Phi) is 5.92. The third kappa shape index (κ3) is 4.00. The summed E-state index contributed by atoms with van der Waals surface area (Å²) < 4.78 is 7.74. The van der Waals surface area contributed by atoms with Gasteiger partial charge in [-0.3, -0.25) is 0 Å². The molecule has 104 valence electrons. The Hall–Kier alpha value is 1.05. The van der Waals surface area contributed by atoms with Crippen molar-refractivity contribution in [2.24, 2.45) is 0 Å². The molecule has 0 saturated carbocycles. The first-order valence-electron chi connectivity index (χ1n) is 7.03. The van der Waals surface area contributed by atoms with Crippen LogP contribution >= 0.6 is 0 Å². The molecule has 0 amide bonds. The average Bonchev–Trinajstić information content (AvgIpc) is 2.14. The molecule has 17 heavy (non-hydrogen) atoms. The van der Waals surface area contributed by atoms with Gasteiger partial charge >= 0.3 is 116 Å². The van der Waals surface area contributed by atoms with Crippen molar-refractivity contribution in [3.05, 3.63) is 0 Å². The van der Waals surface area contributed by atoms with Crippen LogP contribution in [0.15, 0.2) is 0 Å². The van der Waals surface area contributed by atoms with Crippen molar-refractivity contribution in [2.45, 2.75) is 85.9 Å². The molecule has 3 heteroatoms. The average molecular weight is 364 g/mol. The molecule has 0 heterocycles. The van der Waals surface area contributed by atoms with Crippen LogP contribution < -0.4 is 0 Å². The van der Waals surface area contributed by atoms with Gasteiger partial charge in [-0.25, -0.2) is 0 Å². The Morgan fingerprint density at radius 1 is 0.765 bits per heavy atom. The van der Waals surface area contributed by atoms with Crippen molar-refractivity contribution in [2.75, 3.05) is 0 Å². The van der Waals surface area contributed by atoms with Gasteiger partial charge in [-0.15, -0.1) is 0 Å². The summed E-state index contributed by atoms with van der Waals surface area (Å²) in [6, 6.07) is 0. The number of rotatable bonds is 4. The van der Waals surface area contributed by atoms with E-state index in [-0.39, 0.29) is 0 Å². The summed E-state index contributed by atoms with van der Waals surface area (Å²) in [6.07, 6.45) is 0. The molecule has 0 spiro atoms. The van der Waals surface area contributed by atoms with Crippen molar-refractivity contribution < 1.29 is 2.79 Å². The van der Waals surface area contributed by atoms with E-state index in [1.807, 2.05) is 0 Å². The fourth-order valence-corrected chi connectivity index (χ4v) is 32.6. The van der Waals surface area contributed by atoms with Gasteiger partial charge in [-0.2, -0.15) is 0 Å². The molecule has 0 N–H and O–H groups in total. The predicted octanol–water partition coefficient (Wildman–Crippen LogP) is 5.79. The van der Waals surface area contributed by atoms with Crippen molar-refractivity contribution in [3.63, 3.8) is 0 Å². The summed E-state index contributed by atoms with van der Waals surface area (Å²) in [4.78, 5) is 0. The Morgan fingerprint density at radius 3 is 1.24 bits per heavy atom. The van der Waals surface area contributed by atoms with E-state index in [1.54, 1.807) is 0 Å². The van der Waals surface area contributed by atoms with Gasteiger partial charge in [0.15, 0.2) is 0 Å². The van der Waals surface area contributed by atoms with Crippen LogP contribution in [0.4, 0.5) is 0 Å². The molecule has 0 rings (SSSR count). The molecule has 0 atom stereocenters. The van der Waals surface area contributed by atoms with E-state index in [0.29, 0.717) is 8.49 Å². The maximum atomic E-state index is 7.03. The molecule has 0 aliphatic rings. The predicted molar refractivity (Wildman–Crippen MR) is 84.7 cm³/mol. The Bertz CT molecular complexity index is 230. The molecule has 0 radical (unpaired) electrons. The van der Waals surface area contributed by atoms with Crippen molar-refractivity contribution >= 4 is 27.2 Å². The maximum absolute atomic E-state index is 7.03. The third-order valence-electron chi connectivity index (χ3n) is 4.81. The van der Waals surface area contributed by atoms with Crippen molar-refractivity contribution in [1.82, 2.24) is 0 Å². The van der Waals surface area contributed by atoms with Crippen LogP contribution in [0.3, 0.4) is 0 Å². The molecule has 0 aromatic carbocycles. The molecular formula is C14H34Ge2O. The van der Waals surface area contributed by atoms with E-state index in [0.717, 1.165) is 0 Å². The second-order valence-corrected chi connectivity index (χ2v) is 30.1. The van der Waals surface area contributed by atoms with E-state index in [4.69, 9.17) is 2.79 Å². The van der Waals surface area contributed by atoms with Gasteiger partial charge in [0, 0.05) is 0 Å². The summed E-state index contributed by atoms with van der Waals surface area (Å²) in [6.45, 7) is 19.0. The normalized spacial score (nSPS) is 15.2. The number of hydrogen-bond acceptors (Lipinski definition) is 1. The van der Waals surface area contributed by atoms with Crippen LogP contribution in [0.1, 0.15) is 55.4 Å². The SMILES string of the molecule is C[CH2][Ge]([CH3])([CH2]C)[O][Ge]([CH3])([C](C)(C)C)[C](C)(C)C. The zero-order valence-electron chi connectivity index (χ0n) is 13.8. The van der Waals surface area contributed by atoms with Gasteiger partial charge < -0.3 is 0 Å². The molecular weight excluding hydrogens is 329 g/mol. The molecule has 1 nitrogen and oxygen atoms in total. The molecule has 0 saturated heterocycles. The first-order valence-corrected chi connectivity index (χ1v) is 18.0. The van der Waals surface area contributed by atoms with Gasteiger partial charge in [0.1, 0.15) is 0 Å². The molecule has 0 aromatic rings. The first-order chi connectivity index (χ1) is 7.33. The fourth-order valence-electron chi connectivity index (χ4n) is 2.32. The summed E-state index contributed by atoms with van der Waals surface area (Å²) in [5.41, 5.74) is 0. The minimum atomic E-state index is -2.34. The van der Waals surface area contributed by atoms with E-state index in [9.17, 15) is 0 Å². The fraction of sp³-hybridized carbons (Fsp3) is 1.00. The summed E-state index contributed by atoms with van der Waals surface area (Å²) in [7, 11) is 0. The Balaban J connectivity index is 5.40. The second-order valence-electron chi connectivity index (χ2n) is 7.79. The molecule has 0 bridgehead atoms. The van der Waals surface area contributed by atoms with E-state index in [1.165, 1.54) is 10.5 Å². The van der Waals surface area contributed by atoms with E-state index < -0.39 is 27.2 Å². The molecule has 0 unspecified atom stereocenters. The van der Waals surface area contributed by atoms with Gasteiger partial charge in [0.2, 0.25) is 0 Å². The summed E-state index contributed by atoms with van der Waals surface area (Å²) in [5, 5.41) is 2.59. The van der Waals surface area contributed by atoms with Crippen LogP contribution in [0, 0.1) is 0 Å². The topological polar surface area (TPSA) is 9.23 Å². The van der Waals surface area contributed by atoms with Gasteiger partial charge in [-0.05, 0) is 0 Å². The van der Waals surface area contributed by atoms with Crippen LogP contribution in [-0.4, -0.2) is 27.2 Å². The van der Waals surface area contributed by atoms with Crippen LogP contribution in [0.2, 0.25) is 30.5 Å². The van der Waals surface area contributed by atoms with Crippen LogP contribution in [-0.2, 0) is 2.79 Å². The van der Waals surface area contributed by atoms with Crippen molar-refractivity contribution in [1.29, 1.82) is 0 Å². The summed E-state index contributed by atoms with van der Waals surface area (Å²) >= 11 is -4.34.